The minimum atomic E-state index is -0.137. The van der Waals surface area contributed by atoms with Crippen LogP contribution in [0.5, 0.6) is 0 Å². The molecule has 0 saturated carbocycles. The van der Waals surface area contributed by atoms with E-state index in [1.165, 1.54) is 0 Å². The molecule has 0 aliphatic carbocycles. The minimum absolute atomic E-state index is 0.0266. The standard InChI is InChI=1S/C11H15N3O2S/c12-9-3-1-7(5-10(9)17-13)14-8(6-15)2-4-11(14)16/h1,3,5,8,15H,2,4,6,12-13H2. The number of hydrogen-bond donors (Lipinski definition) is 3. The highest BCUT2D eigenvalue weighted by atomic mass is 32.2. The second kappa shape index (κ2) is 4.95. The first-order chi connectivity index (χ1) is 8.17. The number of nitrogens with two attached hydrogens (primary N) is 2. The summed E-state index contributed by atoms with van der Waals surface area (Å²) in [5.74, 6) is 0.0294. The van der Waals surface area contributed by atoms with E-state index in [1.807, 2.05) is 0 Å². The Labute approximate surface area is 104 Å². The molecule has 5 nitrogen and oxygen atoms in total. The first-order valence-electron chi connectivity index (χ1n) is 5.36. The molecule has 1 fully saturated rings. The van der Waals surface area contributed by atoms with Gasteiger partial charge in [-0.25, -0.2) is 0 Å². The zero-order valence-electron chi connectivity index (χ0n) is 9.30. The minimum Gasteiger partial charge on any atom is -0.398 e. The van der Waals surface area contributed by atoms with Crippen molar-refractivity contribution in [2.45, 2.75) is 23.8 Å². The largest absolute Gasteiger partial charge is 0.398 e. The number of carbonyl (C=O) groups is 1. The van der Waals surface area contributed by atoms with Crippen LogP contribution < -0.4 is 15.8 Å². The van der Waals surface area contributed by atoms with Gasteiger partial charge in [-0.2, -0.15) is 0 Å². The Morgan fingerprint density at radius 2 is 2.29 bits per heavy atom. The van der Waals surface area contributed by atoms with Gasteiger partial charge in [-0.15, -0.1) is 0 Å². The second-order valence-electron chi connectivity index (χ2n) is 3.98. The van der Waals surface area contributed by atoms with Gasteiger partial charge < -0.3 is 15.7 Å². The molecule has 1 aliphatic heterocycles. The van der Waals surface area contributed by atoms with Crippen molar-refractivity contribution in [3.8, 4) is 0 Å². The summed E-state index contributed by atoms with van der Waals surface area (Å²) in [6, 6.07) is 5.15. The quantitative estimate of drug-likeness (QED) is 0.545. The molecule has 0 aromatic heterocycles. The van der Waals surface area contributed by atoms with Gasteiger partial charge in [0.15, 0.2) is 0 Å². The summed E-state index contributed by atoms with van der Waals surface area (Å²) in [4.78, 5) is 14.1. The summed E-state index contributed by atoms with van der Waals surface area (Å²) in [6.07, 6.45) is 1.16. The van der Waals surface area contributed by atoms with Crippen LogP contribution in [0.3, 0.4) is 0 Å². The van der Waals surface area contributed by atoms with Crippen molar-refractivity contribution >= 4 is 29.2 Å². The van der Waals surface area contributed by atoms with Crippen LogP contribution in [0.2, 0.25) is 0 Å². The monoisotopic (exact) mass is 253 g/mol. The maximum Gasteiger partial charge on any atom is 0.227 e. The second-order valence-corrected chi connectivity index (χ2v) is 4.65. The number of amides is 1. The molecule has 17 heavy (non-hydrogen) atoms. The summed E-state index contributed by atoms with van der Waals surface area (Å²) >= 11 is 1.05. The smallest absolute Gasteiger partial charge is 0.227 e. The molecule has 1 aliphatic rings. The highest BCUT2D eigenvalue weighted by Crippen LogP contribution is 2.31. The van der Waals surface area contributed by atoms with E-state index in [9.17, 15) is 9.90 Å². The number of nitrogens with zero attached hydrogens (tertiary/aromatic N) is 1. The third kappa shape index (κ3) is 2.24. The van der Waals surface area contributed by atoms with Crippen molar-refractivity contribution in [3.05, 3.63) is 18.2 Å². The molecule has 1 saturated heterocycles. The van der Waals surface area contributed by atoms with Crippen molar-refractivity contribution in [2.24, 2.45) is 5.14 Å². The van der Waals surface area contributed by atoms with Crippen LogP contribution in [0.15, 0.2) is 23.1 Å². The number of aliphatic hydroxyl groups is 1. The van der Waals surface area contributed by atoms with Crippen molar-refractivity contribution < 1.29 is 9.90 Å². The Kier molecular flexibility index (Phi) is 3.56. The van der Waals surface area contributed by atoms with Crippen LogP contribution in [0.1, 0.15) is 12.8 Å². The molecule has 1 heterocycles. The fourth-order valence-corrected chi connectivity index (χ4v) is 2.44. The Morgan fingerprint density at radius 1 is 1.53 bits per heavy atom. The zero-order valence-corrected chi connectivity index (χ0v) is 10.1. The van der Waals surface area contributed by atoms with Crippen LogP contribution in [0.25, 0.3) is 0 Å². The van der Waals surface area contributed by atoms with Gasteiger partial charge in [0.05, 0.1) is 12.6 Å². The molecule has 1 amide bonds. The molecule has 1 atom stereocenters. The van der Waals surface area contributed by atoms with Gasteiger partial charge in [-0.1, -0.05) is 0 Å². The van der Waals surface area contributed by atoms with E-state index < -0.39 is 0 Å². The Balaban J connectivity index is 2.35. The van der Waals surface area contributed by atoms with Crippen LogP contribution in [-0.2, 0) is 4.79 Å². The maximum atomic E-state index is 11.8. The average molecular weight is 253 g/mol. The highest BCUT2D eigenvalue weighted by Gasteiger charge is 2.31. The zero-order chi connectivity index (χ0) is 12.4. The third-order valence-corrected chi connectivity index (χ3v) is 3.55. The summed E-state index contributed by atoms with van der Waals surface area (Å²) in [5.41, 5.74) is 7.08. The molecule has 1 aromatic carbocycles. The van der Waals surface area contributed by atoms with E-state index in [4.69, 9.17) is 10.9 Å². The van der Waals surface area contributed by atoms with Crippen molar-refractivity contribution in [3.63, 3.8) is 0 Å². The van der Waals surface area contributed by atoms with Gasteiger partial charge >= 0.3 is 0 Å². The van der Waals surface area contributed by atoms with Crippen molar-refractivity contribution in [2.75, 3.05) is 17.2 Å². The Hall–Kier alpha value is -1.24. The molecule has 0 spiro atoms. The molecule has 5 N–H and O–H groups in total. The SMILES string of the molecule is NSc1cc(N2C(=O)CCC2CO)ccc1N. The molecular formula is C11H15N3O2S. The lowest BCUT2D eigenvalue weighted by atomic mass is 10.2. The van der Waals surface area contributed by atoms with Crippen molar-refractivity contribution in [1.82, 2.24) is 0 Å². The number of nitrogen functional groups attached to an aromatic ring is 1. The van der Waals surface area contributed by atoms with Gasteiger partial charge in [-0.3, -0.25) is 9.93 Å². The van der Waals surface area contributed by atoms with Crippen LogP contribution in [0, 0.1) is 0 Å². The average Bonchev–Trinajstić information content (AvgIpc) is 2.71. The van der Waals surface area contributed by atoms with Gasteiger partial charge in [0.1, 0.15) is 0 Å². The lowest BCUT2D eigenvalue weighted by molar-refractivity contribution is -0.117. The van der Waals surface area contributed by atoms with E-state index in [-0.39, 0.29) is 18.6 Å². The molecule has 2 rings (SSSR count). The van der Waals surface area contributed by atoms with Gasteiger partial charge in [-0.05, 0) is 36.6 Å². The molecule has 0 radical (unpaired) electrons. The Bertz CT molecular complexity index is 439. The fraction of sp³-hybridized carbons (Fsp3) is 0.364. The van der Waals surface area contributed by atoms with Crippen LogP contribution >= 0.6 is 11.9 Å². The van der Waals surface area contributed by atoms with E-state index in [0.29, 0.717) is 18.5 Å². The first kappa shape index (κ1) is 12.2. The molecule has 92 valence electrons. The molecule has 0 bridgehead atoms. The molecule has 1 aromatic rings. The van der Waals surface area contributed by atoms with Gasteiger partial charge in [0.2, 0.25) is 5.91 Å². The number of benzene rings is 1. The lowest BCUT2D eigenvalue weighted by Gasteiger charge is -2.24. The van der Waals surface area contributed by atoms with E-state index in [2.05, 4.69) is 0 Å². The molecular weight excluding hydrogens is 238 g/mol. The van der Waals surface area contributed by atoms with Gasteiger partial charge in [0, 0.05) is 22.7 Å². The van der Waals surface area contributed by atoms with Gasteiger partial charge in [0.25, 0.3) is 0 Å². The van der Waals surface area contributed by atoms with Crippen LogP contribution in [-0.4, -0.2) is 23.7 Å². The number of anilines is 2. The number of rotatable bonds is 3. The third-order valence-electron chi connectivity index (χ3n) is 2.94. The topological polar surface area (TPSA) is 92.6 Å². The van der Waals surface area contributed by atoms with E-state index in [0.717, 1.165) is 22.5 Å². The highest BCUT2D eigenvalue weighted by molar-refractivity contribution is 7.97. The number of carbonyl (C=O) groups excluding carboxylic acids is 1. The lowest BCUT2D eigenvalue weighted by Crippen LogP contribution is -2.35. The summed E-state index contributed by atoms with van der Waals surface area (Å²) in [7, 11) is 0. The van der Waals surface area contributed by atoms with E-state index >= 15 is 0 Å². The predicted molar refractivity (Wildman–Crippen MR) is 68.5 cm³/mol. The van der Waals surface area contributed by atoms with Crippen LogP contribution in [0.4, 0.5) is 11.4 Å². The predicted octanol–water partition coefficient (Wildman–Crippen LogP) is 0.722. The molecule has 6 heteroatoms. The molecule has 1 unspecified atom stereocenters. The normalized spacial score (nSPS) is 20.0. The maximum absolute atomic E-state index is 11.8. The number of hydrogen-bond acceptors (Lipinski definition) is 5. The Morgan fingerprint density at radius 3 is 2.94 bits per heavy atom. The summed E-state index contributed by atoms with van der Waals surface area (Å²) in [6.45, 7) is -0.0266. The van der Waals surface area contributed by atoms with E-state index in [1.54, 1.807) is 23.1 Å². The first-order valence-corrected chi connectivity index (χ1v) is 6.24. The van der Waals surface area contributed by atoms with Crippen molar-refractivity contribution in [1.29, 1.82) is 0 Å². The summed E-state index contributed by atoms with van der Waals surface area (Å²) < 4.78 is 0. The fourth-order valence-electron chi connectivity index (χ4n) is 2.05. The summed E-state index contributed by atoms with van der Waals surface area (Å²) in [5, 5.41) is 14.8. The number of aliphatic hydroxyl groups excluding tert-OH is 1.